The molecule has 0 atom stereocenters. The zero-order valence-corrected chi connectivity index (χ0v) is 6.14. The maximum absolute atomic E-state index is 10.1. The van der Waals surface area contributed by atoms with E-state index in [-0.39, 0.29) is 0 Å². The number of rotatable bonds is 2. The number of hydrogen-bond acceptors (Lipinski definition) is 3. The fourth-order valence-corrected chi connectivity index (χ4v) is 0.302. The average molecular weight is 153 g/mol. The van der Waals surface area contributed by atoms with E-state index >= 15 is 0 Å². The van der Waals surface area contributed by atoms with Crippen molar-refractivity contribution < 1.29 is 13.8 Å². The summed E-state index contributed by atoms with van der Waals surface area (Å²) < 4.78 is 8.17. The summed E-state index contributed by atoms with van der Waals surface area (Å²) in [5.41, 5.74) is 0. The molecule has 0 aliphatic heterocycles. The van der Waals surface area contributed by atoms with Crippen molar-refractivity contribution in [3.05, 3.63) is 0 Å². The van der Waals surface area contributed by atoms with Gasteiger partial charge >= 0.3 is 6.16 Å². The van der Waals surface area contributed by atoms with E-state index < -0.39 is 6.16 Å². The SMILES string of the molecule is CC(C)COC(=O)OCl. The second kappa shape index (κ2) is 4.44. The predicted molar refractivity (Wildman–Crippen MR) is 33.1 cm³/mol. The average Bonchev–Trinajstić information content (AvgIpc) is 1.83. The first-order valence-corrected chi connectivity index (χ1v) is 2.93. The summed E-state index contributed by atoms with van der Waals surface area (Å²) >= 11 is 4.66. The Kier molecular flexibility index (Phi) is 4.22. The quantitative estimate of drug-likeness (QED) is 0.568. The lowest BCUT2D eigenvalue weighted by molar-refractivity contribution is 0.0919. The van der Waals surface area contributed by atoms with Crippen molar-refractivity contribution in [1.82, 2.24) is 0 Å². The van der Waals surface area contributed by atoms with Crippen molar-refractivity contribution in [2.75, 3.05) is 6.61 Å². The van der Waals surface area contributed by atoms with Crippen LogP contribution in [0.2, 0.25) is 0 Å². The summed E-state index contributed by atoms with van der Waals surface area (Å²) in [6.07, 6.45) is -0.842. The number of carbonyl (C=O) groups excluding carboxylic acids is 1. The fraction of sp³-hybridized carbons (Fsp3) is 0.800. The Labute approximate surface area is 59.1 Å². The van der Waals surface area contributed by atoms with Gasteiger partial charge in [-0.15, -0.1) is 0 Å². The van der Waals surface area contributed by atoms with Crippen LogP contribution < -0.4 is 0 Å². The van der Waals surface area contributed by atoms with Crippen LogP contribution >= 0.6 is 11.9 Å². The molecule has 0 heterocycles. The molecule has 0 rings (SSSR count). The normalized spacial score (nSPS) is 9.33. The summed E-state index contributed by atoms with van der Waals surface area (Å²) in [7, 11) is 0. The van der Waals surface area contributed by atoms with E-state index in [1.165, 1.54) is 0 Å². The van der Waals surface area contributed by atoms with Gasteiger partial charge in [-0.1, -0.05) is 13.8 Å². The van der Waals surface area contributed by atoms with E-state index in [1.54, 1.807) is 0 Å². The van der Waals surface area contributed by atoms with Crippen molar-refractivity contribution >= 4 is 18.0 Å². The summed E-state index contributed by atoms with van der Waals surface area (Å²) in [4.78, 5) is 10.1. The van der Waals surface area contributed by atoms with Crippen molar-refractivity contribution in [3.8, 4) is 0 Å². The highest BCUT2D eigenvalue weighted by atomic mass is 35.5. The lowest BCUT2D eigenvalue weighted by atomic mass is 10.2. The van der Waals surface area contributed by atoms with Gasteiger partial charge in [0, 0.05) is 0 Å². The molecule has 0 aliphatic carbocycles. The molecule has 0 aromatic heterocycles. The molecule has 4 heteroatoms. The van der Waals surface area contributed by atoms with Gasteiger partial charge in [0.2, 0.25) is 0 Å². The Morgan fingerprint density at radius 3 is 2.56 bits per heavy atom. The van der Waals surface area contributed by atoms with E-state index in [4.69, 9.17) is 0 Å². The number of halogens is 1. The molecule has 9 heavy (non-hydrogen) atoms. The molecule has 0 aromatic rings. The molecule has 0 N–H and O–H groups in total. The molecule has 0 saturated carbocycles. The van der Waals surface area contributed by atoms with Crippen LogP contribution in [0.5, 0.6) is 0 Å². The van der Waals surface area contributed by atoms with Crippen LogP contribution in [0.4, 0.5) is 4.79 Å². The minimum Gasteiger partial charge on any atom is -0.433 e. The zero-order chi connectivity index (χ0) is 7.28. The first-order valence-electron chi connectivity index (χ1n) is 2.62. The van der Waals surface area contributed by atoms with Crippen molar-refractivity contribution in [3.63, 3.8) is 0 Å². The van der Waals surface area contributed by atoms with Gasteiger partial charge in [-0.2, -0.15) is 0 Å². The first kappa shape index (κ1) is 8.56. The second-order valence-corrected chi connectivity index (χ2v) is 2.19. The lowest BCUT2D eigenvalue weighted by Gasteiger charge is -2.02. The second-order valence-electron chi connectivity index (χ2n) is 2.03. The van der Waals surface area contributed by atoms with Gasteiger partial charge in [0.25, 0.3) is 0 Å². The van der Waals surface area contributed by atoms with Crippen molar-refractivity contribution in [2.45, 2.75) is 13.8 Å². The monoisotopic (exact) mass is 152 g/mol. The van der Waals surface area contributed by atoms with Gasteiger partial charge in [-0.3, -0.25) is 0 Å². The molecular formula is C5H9ClO3. The standard InChI is InChI=1S/C5H9ClO3/c1-4(2)3-8-5(7)9-6/h4H,3H2,1-2H3. The van der Waals surface area contributed by atoms with Crippen LogP contribution in [-0.4, -0.2) is 12.8 Å². The van der Waals surface area contributed by atoms with E-state index in [0.717, 1.165) is 0 Å². The van der Waals surface area contributed by atoms with Crippen LogP contribution in [0.15, 0.2) is 0 Å². The predicted octanol–water partition coefficient (Wildman–Crippen LogP) is 1.95. The fourth-order valence-electron chi connectivity index (χ4n) is 0.257. The summed E-state index contributed by atoms with van der Waals surface area (Å²) in [6, 6.07) is 0. The van der Waals surface area contributed by atoms with Crippen molar-refractivity contribution in [2.24, 2.45) is 5.92 Å². The van der Waals surface area contributed by atoms with Crippen LogP contribution in [0.25, 0.3) is 0 Å². The Balaban J connectivity index is 3.17. The van der Waals surface area contributed by atoms with Gasteiger partial charge in [-0.25, -0.2) is 4.79 Å². The minimum atomic E-state index is -0.842. The summed E-state index contributed by atoms with van der Waals surface area (Å²) in [6.45, 7) is 4.18. The molecule has 0 unspecified atom stereocenters. The summed E-state index contributed by atoms with van der Waals surface area (Å²) in [5.74, 6) is 0.306. The molecule has 0 aromatic carbocycles. The van der Waals surface area contributed by atoms with Gasteiger partial charge in [0.1, 0.15) is 11.9 Å². The number of carbonyl (C=O) groups is 1. The maximum Gasteiger partial charge on any atom is 0.526 e. The molecule has 0 saturated heterocycles. The Hall–Kier alpha value is -0.440. The van der Waals surface area contributed by atoms with Crippen LogP contribution in [-0.2, 0) is 9.03 Å². The Morgan fingerprint density at radius 1 is 1.67 bits per heavy atom. The minimum absolute atomic E-state index is 0.306. The Morgan fingerprint density at radius 2 is 2.22 bits per heavy atom. The van der Waals surface area contributed by atoms with E-state index in [1.807, 2.05) is 13.8 Å². The highest BCUT2D eigenvalue weighted by molar-refractivity contribution is 6.12. The molecule has 3 nitrogen and oxygen atoms in total. The third-order valence-corrected chi connectivity index (χ3v) is 0.724. The maximum atomic E-state index is 10.1. The zero-order valence-electron chi connectivity index (χ0n) is 5.39. The molecule has 54 valence electrons. The highest BCUT2D eigenvalue weighted by Gasteiger charge is 2.02. The molecule has 0 fully saturated rings. The van der Waals surface area contributed by atoms with Gasteiger partial charge in [0.15, 0.2) is 0 Å². The lowest BCUT2D eigenvalue weighted by Crippen LogP contribution is -2.07. The molecule has 0 aliphatic rings. The molecule has 0 bridgehead atoms. The highest BCUT2D eigenvalue weighted by Crippen LogP contribution is 1.95. The third-order valence-electron chi connectivity index (χ3n) is 0.598. The third kappa shape index (κ3) is 5.43. The summed E-state index contributed by atoms with van der Waals surface area (Å²) in [5, 5.41) is 0. The Bertz CT molecular complexity index is 92.2. The van der Waals surface area contributed by atoms with Crippen molar-refractivity contribution in [1.29, 1.82) is 0 Å². The molecule has 0 radical (unpaired) electrons. The van der Waals surface area contributed by atoms with Gasteiger partial charge < -0.3 is 9.03 Å². The number of hydrogen-bond donors (Lipinski definition) is 0. The first-order chi connectivity index (χ1) is 4.16. The van der Waals surface area contributed by atoms with Gasteiger partial charge in [0.05, 0.1) is 6.61 Å². The molecule has 0 amide bonds. The van der Waals surface area contributed by atoms with Crippen LogP contribution in [0.3, 0.4) is 0 Å². The van der Waals surface area contributed by atoms with Gasteiger partial charge in [-0.05, 0) is 5.92 Å². The molecule has 0 spiro atoms. The van der Waals surface area contributed by atoms with E-state index in [9.17, 15) is 4.79 Å². The smallest absolute Gasteiger partial charge is 0.433 e. The molecular weight excluding hydrogens is 144 g/mol. The largest absolute Gasteiger partial charge is 0.526 e. The van der Waals surface area contributed by atoms with E-state index in [2.05, 4.69) is 20.9 Å². The van der Waals surface area contributed by atoms with Crippen LogP contribution in [0, 0.1) is 5.92 Å². The van der Waals surface area contributed by atoms with E-state index in [0.29, 0.717) is 12.5 Å². The number of ether oxygens (including phenoxy) is 1. The topological polar surface area (TPSA) is 35.5 Å². The van der Waals surface area contributed by atoms with Crippen LogP contribution in [0.1, 0.15) is 13.8 Å².